The van der Waals surface area contributed by atoms with Gasteiger partial charge in [0.1, 0.15) is 5.75 Å². The van der Waals surface area contributed by atoms with E-state index in [1.807, 2.05) is 25.1 Å². The number of esters is 1. The number of ether oxygens (including phenoxy) is 4. The van der Waals surface area contributed by atoms with Gasteiger partial charge in [-0.2, -0.15) is 0 Å². The number of carbonyl (C=O) groups excluding carboxylic acids is 2. The molecule has 1 aliphatic rings. The molecule has 0 aromatic heterocycles. The van der Waals surface area contributed by atoms with Crippen molar-refractivity contribution < 1.29 is 28.5 Å². The molecule has 0 saturated heterocycles. The highest BCUT2D eigenvalue weighted by Crippen LogP contribution is 2.34. The molecule has 1 amide bonds. The van der Waals surface area contributed by atoms with E-state index in [9.17, 15) is 9.59 Å². The first kappa shape index (κ1) is 18.6. The van der Waals surface area contributed by atoms with Crippen molar-refractivity contribution in [2.45, 2.75) is 33.0 Å². The molecule has 1 N–H and O–H groups in total. The molecule has 7 heteroatoms. The Labute approximate surface area is 157 Å². The van der Waals surface area contributed by atoms with Gasteiger partial charge in [0.25, 0.3) is 5.91 Å². The maximum atomic E-state index is 12.3. The van der Waals surface area contributed by atoms with E-state index < -0.39 is 24.1 Å². The second-order valence-corrected chi connectivity index (χ2v) is 6.21. The minimum absolute atomic E-state index is 0.152. The number of fused-ring (bicyclic) bond motifs is 1. The summed E-state index contributed by atoms with van der Waals surface area (Å²) >= 11 is 0. The first-order valence-corrected chi connectivity index (χ1v) is 8.56. The van der Waals surface area contributed by atoms with Crippen molar-refractivity contribution in [3.63, 3.8) is 0 Å². The predicted octanol–water partition coefficient (Wildman–Crippen LogP) is 3.06. The summed E-state index contributed by atoms with van der Waals surface area (Å²) in [5.41, 5.74) is 1.54. The summed E-state index contributed by atoms with van der Waals surface area (Å²) in [4.78, 5) is 24.5. The normalized spacial score (nSPS) is 14.2. The fraction of sp³-hybridized carbons (Fsp3) is 0.300. The van der Waals surface area contributed by atoms with Crippen molar-refractivity contribution in [2.75, 3.05) is 12.1 Å². The van der Waals surface area contributed by atoms with Crippen molar-refractivity contribution in [2.24, 2.45) is 0 Å². The number of hydrogen-bond donors (Lipinski definition) is 1. The molecular formula is C20H21NO6. The number of anilines is 1. The molecule has 142 valence electrons. The average molecular weight is 371 g/mol. The van der Waals surface area contributed by atoms with Crippen LogP contribution >= 0.6 is 0 Å². The molecule has 3 rings (SSSR count). The van der Waals surface area contributed by atoms with Crippen molar-refractivity contribution in [3.8, 4) is 17.2 Å². The smallest absolute Gasteiger partial charge is 0.347 e. The minimum Gasteiger partial charge on any atom is -0.479 e. The van der Waals surface area contributed by atoms with Crippen molar-refractivity contribution >= 4 is 17.6 Å². The number of benzene rings is 2. The van der Waals surface area contributed by atoms with Crippen LogP contribution < -0.4 is 19.5 Å². The third-order valence-corrected chi connectivity index (χ3v) is 3.94. The van der Waals surface area contributed by atoms with Crippen molar-refractivity contribution in [3.05, 3.63) is 48.0 Å². The number of hydrogen-bond acceptors (Lipinski definition) is 6. The standard InChI is InChI=1S/C20H21NO6/c1-12-5-4-6-16(9-12)26-14(3)20(23)27-13(2)19(22)21-15-7-8-17-18(10-15)25-11-24-17/h4-10,13-14H,11H2,1-3H3,(H,21,22)/t13-,14-/m1/s1. The second-order valence-electron chi connectivity index (χ2n) is 6.21. The Hall–Kier alpha value is -3.22. The van der Waals surface area contributed by atoms with Crippen LogP contribution in [0.15, 0.2) is 42.5 Å². The molecule has 0 bridgehead atoms. The van der Waals surface area contributed by atoms with Crippen LogP contribution in [-0.2, 0) is 14.3 Å². The third-order valence-electron chi connectivity index (χ3n) is 3.94. The van der Waals surface area contributed by atoms with E-state index in [2.05, 4.69) is 5.32 Å². The molecule has 0 aliphatic carbocycles. The summed E-state index contributed by atoms with van der Waals surface area (Å²) in [6.45, 7) is 5.16. The highest BCUT2D eigenvalue weighted by molar-refractivity contribution is 5.95. The van der Waals surface area contributed by atoms with Crippen LogP contribution in [0.5, 0.6) is 17.2 Å². The molecule has 1 heterocycles. The summed E-state index contributed by atoms with van der Waals surface area (Å²) in [6, 6.07) is 12.4. The zero-order valence-corrected chi connectivity index (χ0v) is 15.4. The number of carbonyl (C=O) groups is 2. The summed E-state index contributed by atoms with van der Waals surface area (Å²) in [7, 11) is 0. The van der Waals surface area contributed by atoms with Crippen LogP contribution in [0.1, 0.15) is 19.4 Å². The SMILES string of the molecule is Cc1cccc(O[C@H](C)C(=O)O[C@H](C)C(=O)Nc2ccc3c(c2)OCO3)c1. The largest absolute Gasteiger partial charge is 0.479 e. The van der Waals surface area contributed by atoms with E-state index in [1.165, 1.54) is 6.92 Å². The topological polar surface area (TPSA) is 83.1 Å². The fourth-order valence-electron chi connectivity index (χ4n) is 2.48. The number of amides is 1. The van der Waals surface area contributed by atoms with E-state index in [0.717, 1.165) is 5.56 Å². The predicted molar refractivity (Wildman–Crippen MR) is 98.0 cm³/mol. The van der Waals surface area contributed by atoms with Crippen LogP contribution in [0.2, 0.25) is 0 Å². The van der Waals surface area contributed by atoms with Crippen LogP contribution in [0, 0.1) is 6.92 Å². The lowest BCUT2D eigenvalue weighted by Gasteiger charge is -2.18. The minimum atomic E-state index is -0.980. The molecule has 7 nitrogen and oxygen atoms in total. The van der Waals surface area contributed by atoms with E-state index >= 15 is 0 Å². The molecule has 2 atom stereocenters. The highest BCUT2D eigenvalue weighted by atomic mass is 16.7. The van der Waals surface area contributed by atoms with E-state index in [-0.39, 0.29) is 6.79 Å². The molecule has 0 saturated carbocycles. The zero-order chi connectivity index (χ0) is 19.4. The summed E-state index contributed by atoms with van der Waals surface area (Å²) in [5, 5.41) is 2.68. The van der Waals surface area contributed by atoms with Gasteiger partial charge in [-0.25, -0.2) is 4.79 Å². The maximum absolute atomic E-state index is 12.3. The van der Waals surface area contributed by atoms with Crippen molar-refractivity contribution in [1.29, 1.82) is 0 Å². The molecule has 0 unspecified atom stereocenters. The van der Waals surface area contributed by atoms with Gasteiger partial charge in [-0.1, -0.05) is 12.1 Å². The van der Waals surface area contributed by atoms with Gasteiger partial charge in [0, 0.05) is 11.8 Å². The molecule has 0 fully saturated rings. The first-order chi connectivity index (χ1) is 12.9. The Morgan fingerprint density at radius 1 is 1.04 bits per heavy atom. The van der Waals surface area contributed by atoms with E-state index in [1.54, 1.807) is 31.2 Å². The second kappa shape index (κ2) is 7.99. The molecule has 0 spiro atoms. The Morgan fingerprint density at radius 2 is 1.81 bits per heavy atom. The average Bonchev–Trinajstić information content (AvgIpc) is 3.09. The number of rotatable bonds is 6. The summed E-state index contributed by atoms with van der Waals surface area (Å²) in [5.74, 6) is 0.666. The monoisotopic (exact) mass is 371 g/mol. The van der Waals surface area contributed by atoms with Crippen LogP contribution in [0.3, 0.4) is 0 Å². The first-order valence-electron chi connectivity index (χ1n) is 8.56. The Balaban J connectivity index is 1.53. The molecule has 0 radical (unpaired) electrons. The van der Waals surface area contributed by atoms with Gasteiger partial charge >= 0.3 is 5.97 Å². The zero-order valence-electron chi connectivity index (χ0n) is 15.4. The Morgan fingerprint density at radius 3 is 2.59 bits per heavy atom. The molecular weight excluding hydrogens is 350 g/mol. The molecule has 2 aromatic rings. The maximum Gasteiger partial charge on any atom is 0.347 e. The molecule has 1 aliphatic heterocycles. The van der Waals surface area contributed by atoms with Gasteiger partial charge in [0.2, 0.25) is 6.79 Å². The van der Waals surface area contributed by atoms with Gasteiger partial charge in [-0.05, 0) is 50.6 Å². The molecule has 27 heavy (non-hydrogen) atoms. The van der Waals surface area contributed by atoms with Gasteiger partial charge in [-0.3, -0.25) is 4.79 Å². The molecule has 2 aromatic carbocycles. The van der Waals surface area contributed by atoms with Gasteiger partial charge in [-0.15, -0.1) is 0 Å². The third kappa shape index (κ3) is 4.69. The fourth-order valence-corrected chi connectivity index (χ4v) is 2.48. The van der Waals surface area contributed by atoms with Crippen molar-refractivity contribution in [1.82, 2.24) is 0 Å². The van der Waals surface area contributed by atoms with E-state index in [0.29, 0.717) is 22.9 Å². The lowest BCUT2D eigenvalue weighted by Crippen LogP contribution is -2.35. The lowest BCUT2D eigenvalue weighted by atomic mass is 10.2. The van der Waals surface area contributed by atoms with Gasteiger partial charge < -0.3 is 24.3 Å². The Kier molecular flexibility index (Phi) is 5.49. The van der Waals surface area contributed by atoms with E-state index in [4.69, 9.17) is 18.9 Å². The highest BCUT2D eigenvalue weighted by Gasteiger charge is 2.24. The van der Waals surface area contributed by atoms with Crippen LogP contribution in [0.4, 0.5) is 5.69 Å². The van der Waals surface area contributed by atoms with Crippen LogP contribution in [0.25, 0.3) is 0 Å². The lowest BCUT2D eigenvalue weighted by molar-refractivity contribution is -0.159. The van der Waals surface area contributed by atoms with Gasteiger partial charge in [0.05, 0.1) is 0 Å². The Bertz CT molecular complexity index is 850. The van der Waals surface area contributed by atoms with Gasteiger partial charge in [0.15, 0.2) is 23.7 Å². The van der Waals surface area contributed by atoms with Crippen LogP contribution in [-0.4, -0.2) is 30.9 Å². The number of aryl methyl sites for hydroxylation is 1. The summed E-state index contributed by atoms with van der Waals surface area (Å²) < 4.78 is 21.3. The number of nitrogens with one attached hydrogen (secondary N) is 1. The quantitative estimate of drug-likeness (QED) is 0.786. The summed E-state index contributed by atoms with van der Waals surface area (Å²) in [6.07, 6.45) is -1.82.